The molecular weight excluding hydrogens is 441 g/mol. The van der Waals surface area contributed by atoms with Gasteiger partial charge in [0.05, 0.1) is 17.9 Å². The minimum absolute atomic E-state index is 0.0392. The molecule has 2 saturated heterocycles. The number of phenols is 1. The van der Waals surface area contributed by atoms with Crippen molar-refractivity contribution in [3.8, 4) is 5.75 Å². The summed E-state index contributed by atoms with van der Waals surface area (Å²) in [4.78, 5) is 27.8. The molecule has 2 fully saturated rings. The van der Waals surface area contributed by atoms with Gasteiger partial charge in [-0.3, -0.25) is 14.5 Å². The molecule has 1 aromatic carbocycles. The Kier molecular flexibility index (Phi) is 7.58. The smallest absolute Gasteiger partial charge is 0.455 e. The fraction of sp³-hybridized carbons (Fsp3) is 0.571. The highest BCUT2D eigenvalue weighted by Crippen LogP contribution is 2.51. The van der Waals surface area contributed by atoms with Crippen LogP contribution in [-0.2, 0) is 14.2 Å². The zero-order valence-corrected chi connectivity index (χ0v) is 21.6. The van der Waals surface area contributed by atoms with Crippen molar-refractivity contribution < 1.29 is 24.4 Å². The van der Waals surface area contributed by atoms with Crippen LogP contribution in [0.1, 0.15) is 69.6 Å². The number of hydrogen-bond acceptors (Lipinski definition) is 5. The Bertz CT molecular complexity index is 1050. The Morgan fingerprint density at radius 3 is 2.49 bits per heavy atom. The molecule has 1 aliphatic carbocycles. The van der Waals surface area contributed by atoms with E-state index in [1.807, 2.05) is 32.9 Å². The van der Waals surface area contributed by atoms with Gasteiger partial charge in [0.15, 0.2) is 0 Å². The van der Waals surface area contributed by atoms with Crippen LogP contribution >= 0.6 is 0 Å². The molecule has 4 atom stereocenters. The molecule has 188 valence electrons. The number of amides is 2. The van der Waals surface area contributed by atoms with E-state index in [1.165, 1.54) is 16.0 Å². The number of imide groups is 1. The maximum Gasteiger partial charge on any atom is 0.455 e. The van der Waals surface area contributed by atoms with E-state index >= 15 is 0 Å². The van der Waals surface area contributed by atoms with Crippen molar-refractivity contribution in [3.63, 3.8) is 0 Å². The van der Waals surface area contributed by atoms with Crippen LogP contribution in [0.25, 0.3) is 6.08 Å². The van der Waals surface area contributed by atoms with Gasteiger partial charge in [-0.1, -0.05) is 31.1 Å². The Labute approximate surface area is 209 Å². The zero-order chi connectivity index (χ0) is 25.4. The molecule has 0 bridgehead atoms. The summed E-state index contributed by atoms with van der Waals surface area (Å²) in [7, 11) is -0.930. The van der Waals surface area contributed by atoms with Crippen LogP contribution in [0.15, 0.2) is 28.9 Å². The number of nitrogens with zero attached hydrogens (tertiary/aromatic N) is 1. The first kappa shape index (κ1) is 25.7. The maximum atomic E-state index is 13.3. The summed E-state index contributed by atoms with van der Waals surface area (Å²) in [6.07, 6.45) is 5.93. The molecule has 35 heavy (non-hydrogen) atoms. The lowest BCUT2D eigenvalue weighted by atomic mass is 9.58. The van der Waals surface area contributed by atoms with Crippen LogP contribution < -0.4 is 0 Å². The first-order chi connectivity index (χ1) is 16.7. The number of phenolic OH excluding ortho intramolecular Hbond substituents is 1. The molecule has 1 aromatic rings. The third-order valence-electron chi connectivity index (χ3n) is 8.00. The number of aryl methyl sites for hydroxylation is 2. The van der Waals surface area contributed by atoms with Gasteiger partial charge in [0, 0.05) is 6.54 Å². The van der Waals surface area contributed by atoms with Crippen LogP contribution in [0, 0.1) is 31.6 Å². The second-order valence-electron chi connectivity index (χ2n) is 10.5. The van der Waals surface area contributed by atoms with Gasteiger partial charge in [-0.2, -0.15) is 0 Å². The number of benzene rings is 1. The summed E-state index contributed by atoms with van der Waals surface area (Å²) >= 11 is 0. The first-order valence-electron chi connectivity index (χ1n) is 13.0. The molecule has 0 spiro atoms. The Hall–Kier alpha value is -2.38. The third-order valence-corrected chi connectivity index (χ3v) is 8.00. The standard InChI is InChI=1S/C28H38BNO5/c1-6-10-30-27(32)21-14-20(7-2)24-22(25(21)28(30)33)15-29(34)35-23(24)9-8-16(3)11-19-12-17(4)26(31)18(5)13-19/h11-13,21-23,25,31,34H,6-10,14-15H2,1-5H3/b16-11+/t21-,22+,23-,25-/m1/s1. The molecule has 3 aliphatic rings. The van der Waals surface area contributed by atoms with E-state index in [1.54, 1.807) is 0 Å². The SMILES string of the molecule is CCCN1C(=O)[C@@H]2[C@@H](CC(CC)=C3[C@@H](CC/C(C)=C/c4cc(C)c(O)c(C)c4)OB(O)C[C@@H]32)C1=O. The normalized spacial score (nSPS) is 27.0. The van der Waals surface area contributed by atoms with Gasteiger partial charge < -0.3 is 14.8 Å². The van der Waals surface area contributed by atoms with E-state index in [4.69, 9.17) is 4.65 Å². The van der Waals surface area contributed by atoms with Crippen molar-refractivity contribution in [1.29, 1.82) is 0 Å². The topological polar surface area (TPSA) is 87.1 Å². The average Bonchev–Trinajstić information content (AvgIpc) is 3.05. The second kappa shape index (κ2) is 10.3. The monoisotopic (exact) mass is 479 g/mol. The lowest BCUT2D eigenvalue weighted by Crippen LogP contribution is -2.46. The van der Waals surface area contributed by atoms with Gasteiger partial charge in [-0.15, -0.1) is 0 Å². The Morgan fingerprint density at radius 2 is 1.86 bits per heavy atom. The molecule has 4 rings (SSSR count). The number of rotatable bonds is 7. The minimum Gasteiger partial charge on any atom is -0.507 e. The van der Waals surface area contributed by atoms with E-state index in [2.05, 4.69) is 19.9 Å². The first-order valence-corrected chi connectivity index (χ1v) is 13.0. The quantitative estimate of drug-likeness (QED) is 0.333. The predicted molar refractivity (Wildman–Crippen MR) is 138 cm³/mol. The van der Waals surface area contributed by atoms with E-state index in [-0.39, 0.29) is 35.7 Å². The highest BCUT2D eigenvalue weighted by Gasteiger charge is 2.56. The van der Waals surface area contributed by atoms with Gasteiger partial charge in [0.2, 0.25) is 11.8 Å². The summed E-state index contributed by atoms with van der Waals surface area (Å²) in [5.41, 5.74) is 6.32. The van der Waals surface area contributed by atoms with Gasteiger partial charge in [-0.05, 0) is 99.5 Å². The number of likely N-dealkylation sites (tertiary alicyclic amines) is 1. The largest absolute Gasteiger partial charge is 0.507 e. The average molecular weight is 479 g/mol. The van der Waals surface area contributed by atoms with Crippen LogP contribution in [0.2, 0.25) is 6.32 Å². The van der Waals surface area contributed by atoms with E-state index in [0.29, 0.717) is 31.5 Å². The fourth-order valence-corrected chi connectivity index (χ4v) is 6.40. The molecule has 2 aliphatic heterocycles. The molecule has 0 aromatic heterocycles. The van der Waals surface area contributed by atoms with Crippen LogP contribution in [-0.4, -0.2) is 46.6 Å². The lowest BCUT2D eigenvalue weighted by Gasteiger charge is -2.43. The number of fused-ring (bicyclic) bond motifs is 3. The fourth-order valence-electron chi connectivity index (χ4n) is 6.40. The van der Waals surface area contributed by atoms with Crippen molar-refractivity contribution in [2.45, 2.75) is 79.1 Å². The Balaban J connectivity index is 1.57. The maximum absolute atomic E-state index is 13.3. The molecule has 0 unspecified atom stereocenters. The van der Waals surface area contributed by atoms with Gasteiger partial charge in [-0.25, -0.2) is 0 Å². The van der Waals surface area contributed by atoms with Crippen LogP contribution in [0.3, 0.4) is 0 Å². The molecule has 0 radical (unpaired) electrons. The number of carbonyl (C=O) groups is 2. The molecule has 6 nitrogen and oxygen atoms in total. The summed E-state index contributed by atoms with van der Waals surface area (Å²) in [6, 6.07) is 3.96. The number of hydrogen-bond donors (Lipinski definition) is 2. The zero-order valence-electron chi connectivity index (χ0n) is 21.6. The summed E-state index contributed by atoms with van der Waals surface area (Å²) in [5.74, 6) is -0.583. The van der Waals surface area contributed by atoms with E-state index in [9.17, 15) is 19.7 Å². The van der Waals surface area contributed by atoms with Crippen molar-refractivity contribution in [3.05, 3.63) is 45.5 Å². The highest BCUT2D eigenvalue weighted by molar-refractivity contribution is 6.43. The van der Waals surface area contributed by atoms with Crippen LogP contribution in [0.5, 0.6) is 5.75 Å². The number of carbonyl (C=O) groups excluding carboxylic acids is 2. The molecule has 2 heterocycles. The van der Waals surface area contributed by atoms with Gasteiger partial charge in [0.25, 0.3) is 0 Å². The lowest BCUT2D eigenvalue weighted by molar-refractivity contribution is -0.140. The van der Waals surface area contributed by atoms with Crippen molar-refractivity contribution in [2.24, 2.45) is 17.8 Å². The van der Waals surface area contributed by atoms with Crippen molar-refractivity contribution in [2.75, 3.05) is 6.54 Å². The van der Waals surface area contributed by atoms with Crippen molar-refractivity contribution in [1.82, 2.24) is 4.90 Å². The Morgan fingerprint density at radius 1 is 1.17 bits per heavy atom. The summed E-state index contributed by atoms with van der Waals surface area (Å²) < 4.78 is 6.05. The van der Waals surface area contributed by atoms with Crippen molar-refractivity contribution >= 4 is 25.0 Å². The third kappa shape index (κ3) is 4.85. The van der Waals surface area contributed by atoms with Gasteiger partial charge >= 0.3 is 7.12 Å². The van der Waals surface area contributed by atoms with E-state index in [0.717, 1.165) is 41.5 Å². The van der Waals surface area contributed by atoms with Gasteiger partial charge in [0.1, 0.15) is 5.75 Å². The molecule has 2 N–H and O–H groups in total. The molecule has 7 heteroatoms. The molecule has 2 amide bonds. The summed E-state index contributed by atoms with van der Waals surface area (Å²) in [6.45, 7) is 10.4. The molecule has 0 saturated carbocycles. The highest BCUT2D eigenvalue weighted by atomic mass is 16.5. The van der Waals surface area contributed by atoms with Crippen LogP contribution in [0.4, 0.5) is 0 Å². The number of aromatic hydroxyl groups is 1. The minimum atomic E-state index is -0.930. The second-order valence-corrected chi connectivity index (χ2v) is 10.5. The van der Waals surface area contributed by atoms with E-state index < -0.39 is 7.12 Å². The summed E-state index contributed by atoms with van der Waals surface area (Å²) in [5, 5.41) is 20.7. The predicted octanol–water partition coefficient (Wildman–Crippen LogP) is 4.81. The molecular formula is C28H38BNO5. The number of allylic oxidation sites excluding steroid dienone is 2.